The summed E-state index contributed by atoms with van der Waals surface area (Å²) < 4.78 is 16.2. The van der Waals surface area contributed by atoms with E-state index >= 15 is 0 Å². The number of nitrogens with zero attached hydrogens (tertiary/aromatic N) is 6. The average Bonchev–Trinajstić information content (AvgIpc) is 3.25. The Morgan fingerprint density at radius 3 is 2.60 bits per heavy atom. The molecule has 10 heteroatoms. The highest BCUT2D eigenvalue weighted by molar-refractivity contribution is 9.10. The molecule has 1 amide bonds. The van der Waals surface area contributed by atoms with Gasteiger partial charge in [-0.25, -0.2) is 4.39 Å². The van der Waals surface area contributed by atoms with Crippen LogP contribution in [0.15, 0.2) is 53.0 Å². The minimum atomic E-state index is -0.456. The monoisotopic (exact) mass is 473 g/mol. The van der Waals surface area contributed by atoms with Gasteiger partial charge in [0.1, 0.15) is 5.82 Å². The molecule has 2 heterocycles. The maximum absolute atomic E-state index is 13.9. The molecule has 2 aromatic carbocycles. The van der Waals surface area contributed by atoms with E-state index in [4.69, 9.17) is 0 Å². The van der Waals surface area contributed by atoms with Gasteiger partial charge in [-0.05, 0) is 40.8 Å². The van der Waals surface area contributed by atoms with E-state index in [1.54, 1.807) is 16.8 Å². The van der Waals surface area contributed by atoms with Crippen LogP contribution in [0, 0.1) is 5.82 Å². The molecule has 1 N–H and O–H groups in total. The lowest BCUT2D eigenvalue weighted by Crippen LogP contribution is -2.47. The van der Waals surface area contributed by atoms with E-state index in [0.29, 0.717) is 23.4 Å². The molecule has 1 saturated heterocycles. The lowest BCUT2D eigenvalue weighted by molar-refractivity contribution is -0.116. The van der Waals surface area contributed by atoms with Gasteiger partial charge in [0.2, 0.25) is 11.9 Å². The topological polar surface area (TPSA) is 79.2 Å². The van der Waals surface area contributed by atoms with Crippen molar-refractivity contribution >= 4 is 33.5 Å². The Kier molecular flexibility index (Phi) is 6.34. The van der Waals surface area contributed by atoms with Crippen LogP contribution in [0.5, 0.6) is 0 Å². The number of piperazine rings is 1. The summed E-state index contributed by atoms with van der Waals surface area (Å²) in [5.74, 6) is 0.0541. The van der Waals surface area contributed by atoms with Gasteiger partial charge in [0.15, 0.2) is 0 Å². The van der Waals surface area contributed by atoms with Crippen LogP contribution in [0.2, 0.25) is 0 Å². The second-order valence-corrected chi connectivity index (χ2v) is 7.89. The van der Waals surface area contributed by atoms with E-state index in [9.17, 15) is 9.18 Å². The highest BCUT2D eigenvalue weighted by Gasteiger charge is 2.22. The number of halogens is 2. The summed E-state index contributed by atoms with van der Waals surface area (Å²) in [5.41, 5.74) is 1.11. The molecule has 156 valence electrons. The zero-order valence-electron chi connectivity index (χ0n) is 16.2. The van der Waals surface area contributed by atoms with Gasteiger partial charge in [-0.1, -0.05) is 39.2 Å². The van der Waals surface area contributed by atoms with E-state index in [1.807, 2.05) is 30.3 Å². The Labute approximate surface area is 181 Å². The number of para-hydroxylation sites is 1. The highest BCUT2D eigenvalue weighted by atomic mass is 79.9. The third-order valence-electron chi connectivity index (χ3n) is 4.97. The minimum Gasteiger partial charge on any atom is -0.337 e. The Hall–Kier alpha value is -2.85. The SMILES string of the molecule is O=C(CCN1CCN(c2nnnn2-c2ccccc2)CC1)Nc1ccc(Br)cc1F. The van der Waals surface area contributed by atoms with Crippen molar-refractivity contribution in [3.8, 4) is 5.69 Å². The van der Waals surface area contributed by atoms with Gasteiger partial charge in [-0.3, -0.25) is 9.69 Å². The Morgan fingerprint density at radius 2 is 1.87 bits per heavy atom. The van der Waals surface area contributed by atoms with Crippen molar-refractivity contribution in [1.82, 2.24) is 25.1 Å². The summed E-state index contributed by atoms with van der Waals surface area (Å²) in [7, 11) is 0. The van der Waals surface area contributed by atoms with Gasteiger partial charge in [0.05, 0.1) is 11.4 Å². The van der Waals surface area contributed by atoms with Crippen LogP contribution in [0.4, 0.5) is 16.0 Å². The molecule has 1 fully saturated rings. The minimum absolute atomic E-state index is 0.195. The number of anilines is 2. The van der Waals surface area contributed by atoms with Gasteiger partial charge >= 0.3 is 0 Å². The molecule has 30 heavy (non-hydrogen) atoms. The normalized spacial score (nSPS) is 14.7. The number of hydrogen-bond acceptors (Lipinski definition) is 6. The van der Waals surface area contributed by atoms with E-state index in [-0.39, 0.29) is 11.6 Å². The quantitative estimate of drug-likeness (QED) is 0.592. The third-order valence-corrected chi connectivity index (χ3v) is 5.46. The number of carbonyl (C=O) groups excluding carboxylic acids is 1. The number of rotatable bonds is 6. The first-order chi connectivity index (χ1) is 14.6. The van der Waals surface area contributed by atoms with Crippen molar-refractivity contribution in [2.24, 2.45) is 0 Å². The fourth-order valence-corrected chi connectivity index (χ4v) is 3.68. The first-order valence-electron chi connectivity index (χ1n) is 9.66. The average molecular weight is 474 g/mol. The molecule has 0 spiro atoms. The summed E-state index contributed by atoms with van der Waals surface area (Å²) in [5, 5.41) is 14.7. The molecule has 0 aliphatic carbocycles. The highest BCUT2D eigenvalue weighted by Crippen LogP contribution is 2.20. The smallest absolute Gasteiger partial charge is 0.250 e. The summed E-state index contributed by atoms with van der Waals surface area (Å²) in [4.78, 5) is 16.5. The van der Waals surface area contributed by atoms with Crippen LogP contribution >= 0.6 is 15.9 Å². The summed E-state index contributed by atoms with van der Waals surface area (Å²) >= 11 is 3.20. The van der Waals surface area contributed by atoms with E-state index in [1.165, 1.54) is 6.07 Å². The van der Waals surface area contributed by atoms with Crippen molar-refractivity contribution in [3.05, 3.63) is 58.8 Å². The van der Waals surface area contributed by atoms with Crippen molar-refractivity contribution < 1.29 is 9.18 Å². The molecular weight excluding hydrogens is 453 g/mol. The number of aromatic nitrogens is 4. The van der Waals surface area contributed by atoms with E-state index < -0.39 is 5.82 Å². The van der Waals surface area contributed by atoms with Gasteiger partial charge in [0.25, 0.3) is 0 Å². The number of carbonyl (C=O) groups is 1. The Balaban J connectivity index is 1.27. The first kappa shape index (κ1) is 20.4. The van der Waals surface area contributed by atoms with Crippen LogP contribution in [-0.2, 0) is 4.79 Å². The van der Waals surface area contributed by atoms with Crippen molar-refractivity contribution in [3.63, 3.8) is 0 Å². The zero-order valence-corrected chi connectivity index (χ0v) is 17.8. The van der Waals surface area contributed by atoms with Gasteiger partial charge in [0, 0.05) is 43.6 Å². The Bertz CT molecular complexity index is 1010. The van der Waals surface area contributed by atoms with Gasteiger partial charge in [-0.15, -0.1) is 0 Å². The van der Waals surface area contributed by atoms with E-state index in [0.717, 1.165) is 31.9 Å². The molecule has 0 radical (unpaired) electrons. The van der Waals surface area contributed by atoms with Gasteiger partial charge in [-0.2, -0.15) is 4.68 Å². The molecule has 1 aliphatic rings. The maximum Gasteiger partial charge on any atom is 0.250 e. The summed E-state index contributed by atoms with van der Waals surface area (Å²) in [6.07, 6.45) is 0.303. The lowest BCUT2D eigenvalue weighted by atomic mass is 10.2. The van der Waals surface area contributed by atoms with E-state index in [2.05, 4.69) is 46.6 Å². The number of tetrazole rings is 1. The number of benzene rings is 2. The second-order valence-electron chi connectivity index (χ2n) is 6.98. The van der Waals surface area contributed by atoms with Crippen molar-refractivity contribution in [2.45, 2.75) is 6.42 Å². The number of nitrogens with one attached hydrogen (secondary N) is 1. The largest absolute Gasteiger partial charge is 0.337 e. The summed E-state index contributed by atoms with van der Waals surface area (Å²) in [6, 6.07) is 14.3. The molecule has 0 saturated carbocycles. The maximum atomic E-state index is 13.9. The van der Waals surface area contributed by atoms with Crippen molar-refractivity contribution in [2.75, 3.05) is 42.9 Å². The second kappa shape index (κ2) is 9.31. The first-order valence-corrected chi connectivity index (χ1v) is 10.5. The zero-order chi connectivity index (χ0) is 20.9. The number of amides is 1. The molecule has 3 aromatic rings. The van der Waals surface area contributed by atoms with Crippen LogP contribution in [0.3, 0.4) is 0 Å². The Morgan fingerprint density at radius 1 is 1.10 bits per heavy atom. The molecule has 0 atom stereocenters. The van der Waals surface area contributed by atoms with Crippen LogP contribution < -0.4 is 10.2 Å². The molecule has 1 aromatic heterocycles. The predicted octanol–water partition coefficient (Wildman–Crippen LogP) is 2.71. The standard InChI is InChI=1S/C20H21BrFN7O/c21-15-6-7-18(17(22)14-15)23-19(30)8-9-27-10-12-28(13-11-27)20-24-25-26-29(20)16-4-2-1-3-5-16/h1-7,14H,8-13H2,(H,23,30). The summed E-state index contributed by atoms with van der Waals surface area (Å²) in [6.45, 7) is 3.72. The molecular formula is C20H21BrFN7O. The fourth-order valence-electron chi connectivity index (χ4n) is 3.35. The van der Waals surface area contributed by atoms with Gasteiger partial charge < -0.3 is 10.2 Å². The van der Waals surface area contributed by atoms with Crippen LogP contribution in [0.1, 0.15) is 6.42 Å². The number of hydrogen-bond donors (Lipinski definition) is 1. The lowest BCUT2D eigenvalue weighted by Gasteiger charge is -2.34. The molecule has 1 aliphatic heterocycles. The molecule has 8 nitrogen and oxygen atoms in total. The fraction of sp³-hybridized carbons (Fsp3) is 0.300. The van der Waals surface area contributed by atoms with Crippen molar-refractivity contribution in [1.29, 1.82) is 0 Å². The molecule has 0 unspecified atom stereocenters. The predicted molar refractivity (Wildman–Crippen MR) is 115 cm³/mol. The van der Waals surface area contributed by atoms with Crippen LogP contribution in [0.25, 0.3) is 5.69 Å². The molecule has 4 rings (SSSR count). The van der Waals surface area contributed by atoms with Crippen LogP contribution in [-0.4, -0.2) is 63.7 Å². The third kappa shape index (κ3) is 4.82. The molecule has 0 bridgehead atoms.